The Balaban J connectivity index is 1.28. The number of nitrogens with zero attached hydrogens (tertiary/aromatic N) is 2. The van der Waals surface area contributed by atoms with Crippen LogP contribution in [-0.2, 0) is 17.4 Å². The lowest BCUT2D eigenvalue weighted by molar-refractivity contribution is -0.138. The number of thiazole rings is 1. The zero-order valence-corrected chi connectivity index (χ0v) is 18.1. The van der Waals surface area contributed by atoms with E-state index in [4.69, 9.17) is 9.84 Å². The van der Waals surface area contributed by atoms with Crippen molar-refractivity contribution in [3.63, 3.8) is 0 Å². The number of hydrogen-bond acceptors (Lipinski definition) is 5. The number of fused-ring (bicyclic) bond motifs is 1. The molecule has 3 aromatic rings. The largest absolute Gasteiger partial charge is 0.494 e. The molecule has 0 radical (unpaired) electrons. The van der Waals surface area contributed by atoms with Gasteiger partial charge in [0.15, 0.2) is 5.13 Å². The van der Waals surface area contributed by atoms with Crippen LogP contribution in [0.25, 0.3) is 10.2 Å². The molecule has 170 valence electrons. The van der Waals surface area contributed by atoms with E-state index >= 15 is 0 Å². The Morgan fingerprint density at radius 2 is 1.97 bits per heavy atom. The normalized spacial score (nSPS) is 15.3. The number of carboxylic acids is 1. The van der Waals surface area contributed by atoms with Crippen molar-refractivity contribution in [2.45, 2.75) is 31.9 Å². The Hall–Kier alpha value is -2.81. The number of carboxylic acid groups (broad SMARTS) is 1. The molecule has 2 aromatic carbocycles. The van der Waals surface area contributed by atoms with E-state index in [0.717, 1.165) is 43.5 Å². The highest BCUT2D eigenvalue weighted by Gasteiger charge is 2.31. The van der Waals surface area contributed by atoms with E-state index in [1.54, 1.807) is 18.2 Å². The Bertz CT molecular complexity index is 1090. The number of rotatable bonds is 7. The van der Waals surface area contributed by atoms with Gasteiger partial charge in [0.25, 0.3) is 0 Å². The van der Waals surface area contributed by atoms with Gasteiger partial charge in [-0.1, -0.05) is 23.5 Å². The molecule has 0 unspecified atom stereocenters. The number of hydrogen-bond donors (Lipinski definition) is 1. The minimum absolute atomic E-state index is 0.0288. The zero-order valence-electron chi connectivity index (χ0n) is 17.3. The molecule has 0 bridgehead atoms. The van der Waals surface area contributed by atoms with Gasteiger partial charge in [-0.25, -0.2) is 4.98 Å². The number of ether oxygens (including phenoxy) is 1. The summed E-state index contributed by atoms with van der Waals surface area (Å²) in [5.74, 6) is 0.302. The lowest BCUT2D eigenvalue weighted by Crippen LogP contribution is -2.34. The van der Waals surface area contributed by atoms with E-state index in [-0.39, 0.29) is 6.42 Å². The Labute approximate surface area is 187 Å². The fourth-order valence-corrected chi connectivity index (χ4v) is 4.96. The van der Waals surface area contributed by atoms with Gasteiger partial charge < -0.3 is 14.7 Å². The average Bonchev–Trinajstić information content (AvgIpc) is 3.17. The van der Waals surface area contributed by atoms with Crippen LogP contribution in [0, 0.1) is 5.92 Å². The zero-order chi connectivity index (χ0) is 22.7. The number of halogens is 3. The summed E-state index contributed by atoms with van der Waals surface area (Å²) in [4.78, 5) is 17.5. The second-order valence-corrected chi connectivity index (χ2v) is 8.97. The van der Waals surface area contributed by atoms with Crippen molar-refractivity contribution < 1.29 is 27.8 Å². The standard InChI is InChI=1S/C23H23F3N2O3S/c24-23(25,26)17-4-5-19-20(14-17)32-22(27-19)28-9-6-15(7-10-28)8-11-31-18-3-1-2-16(12-18)13-21(29)30/h1-5,12,14-15H,6-11,13H2,(H,29,30). The third kappa shape index (κ3) is 5.51. The molecule has 1 saturated heterocycles. The van der Waals surface area contributed by atoms with Crippen LogP contribution in [0.15, 0.2) is 42.5 Å². The van der Waals surface area contributed by atoms with Crippen LogP contribution in [0.1, 0.15) is 30.4 Å². The van der Waals surface area contributed by atoms with E-state index < -0.39 is 17.7 Å². The third-order valence-electron chi connectivity index (χ3n) is 5.64. The fraction of sp³-hybridized carbons (Fsp3) is 0.391. The molecule has 2 heterocycles. The average molecular weight is 465 g/mol. The highest BCUT2D eigenvalue weighted by atomic mass is 32.1. The molecule has 1 fully saturated rings. The molecule has 0 aliphatic carbocycles. The summed E-state index contributed by atoms with van der Waals surface area (Å²) in [5.41, 5.74) is 0.660. The molecule has 32 heavy (non-hydrogen) atoms. The number of carbonyl (C=O) groups is 1. The van der Waals surface area contributed by atoms with Crippen LogP contribution in [-0.4, -0.2) is 35.8 Å². The van der Waals surface area contributed by atoms with Crippen molar-refractivity contribution in [2.24, 2.45) is 5.92 Å². The first kappa shape index (κ1) is 22.4. The maximum atomic E-state index is 12.9. The second kappa shape index (κ2) is 9.36. The van der Waals surface area contributed by atoms with Crippen LogP contribution in [0.5, 0.6) is 5.75 Å². The molecule has 4 rings (SSSR count). The monoisotopic (exact) mass is 464 g/mol. The minimum Gasteiger partial charge on any atom is -0.494 e. The van der Waals surface area contributed by atoms with Crippen LogP contribution in [0.2, 0.25) is 0 Å². The summed E-state index contributed by atoms with van der Waals surface area (Å²) < 4.78 is 45.2. The number of anilines is 1. The Morgan fingerprint density at radius 3 is 2.69 bits per heavy atom. The van der Waals surface area contributed by atoms with Gasteiger partial charge in [-0.15, -0.1) is 0 Å². The van der Waals surface area contributed by atoms with Crippen LogP contribution in [0.4, 0.5) is 18.3 Å². The van der Waals surface area contributed by atoms with Gasteiger partial charge >= 0.3 is 12.1 Å². The number of piperidine rings is 1. The molecule has 9 heteroatoms. The number of aliphatic carboxylic acids is 1. The van der Waals surface area contributed by atoms with E-state index in [0.29, 0.717) is 34.1 Å². The molecule has 1 aliphatic heterocycles. The SMILES string of the molecule is O=C(O)Cc1cccc(OCCC2CCN(c3nc4ccc(C(F)(F)F)cc4s3)CC2)c1. The van der Waals surface area contributed by atoms with E-state index in [1.165, 1.54) is 23.5 Å². The van der Waals surface area contributed by atoms with Crippen LogP contribution in [0.3, 0.4) is 0 Å². The number of alkyl halides is 3. The van der Waals surface area contributed by atoms with Crippen LogP contribution < -0.4 is 9.64 Å². The fourth-order valence-electron chi connectivity index (χ4n) is 3.90. The maximum absolute atomic E-state index is 12.9. The topological polar surface area (TPSA) is 62.7 Å². The molecule has 0 spiro atoms. The van der Waals surface area contributed by atoms with E-state index in [1.807, 2.05) is 6.07 Å². The quantitative estimate of drug-likeness (QED) is 0.491. The van der Waals surface area contributed by atoms with Gasteiger partial charge in [-0.05, 0) is 61.1 Å². The van der Waals surface area contributed by atoms with Crippen molar-refractivity contribution in [2.75, 3.05) is 24.6 Å². The first-order valence-electron chi connectivity index (χ1n) is 10.4. The molecule has 0 amide bonds. The molecular formula is C23H23F3N2O3S. The summed E-state index contributed by atoms with van der Waals surface area (Å²) in [5, 5.41) is 9.67. The molecule has 1 aromatic heterocycles. The minimum atomic E-state index is -4.35. The lowest BCUT2D eigenvalue weighted by Gasteiger charge is -2.31. The molecule has 0 atom stereocenters. The van der Waals surface area contributed by atoms with E-state index in [9.17, 15) is 18.0 Å². The molecular weight excluding hydrogens is 441 g/mol. The van der Waals surface area contributed by atoms with Crippen molar-refractivity contribution in [3.8, 4) is 5.75 Å². The van der Waals surface area contributed by atoms with Gasteiger partial charge in [-0.2, -0.15) is 13.2 Å². The van der Waals surface area contributed by atoms with Crippen molar-refractivity contribution >= 4 is 32.7 Å². The van der Waals surface area contributed by atoms with Gasteiger partial charge in [0, 0.05) is 13.1 Å². The molecule has 5 nitrogen and oxygen atoms in total. The highest BCUT2D eigenvalue weighted by Crippen LogP contribution is 2.36. The first-order valence-corrected chi connectivity index (χ1v) is 11.3. The lowest BCUT2D eigenvalue weighted by atomic mass is 9.94. The summed E-state index contributed by atoms with van der Waals surface area (Å²) in [6.07, 6.45) is -1.56. The first-order chi connectivity index (χ1) is 15.3. The number of aromatic nitrogens is 1. The predicted octanol–water partition coefficient (Wildman–Crippen LogP) is 5.63. The number of benzene rings is 2. The van der Waals surface area contributed by atoms with Crippen molar-refractivity contribution in [1.82, 2.24) is 4.98 Å². The maximum Gasteiger partial charge on any atom is 0.416 e. The third-order valence-corrected chi connectivity index (χ3v) is 6.72. The second-order valence-electron chi connectivity index (χ2n) is 7.96. The van der Waals surface area contributed by atoms with Gasteiger partial charge in [0.1, 0.15) is 5.75 Å². The highest BCUT2D eigenvalue weighted by molar-refractivity contribution is 7.22. The van der Waals surface area contributed by atoms with Gasteiger partial charge in [-0.3, -0.25) is 4.79 Å². The summed E-state index contributed by atoms with van der Waals surface area (Å²) >= 11 is 1.30. The smallest absolute Gasteiger partial charge is 0.416 e. The summed E-state index contributed by atoms with van der Waals surface area (Å²) in [6.45, 7) is 2.18. The van der Waals surface area contributed by atoms with Gasteiger partial charge in [0.05, 0.1) is 28.8 Å². The van der Waals surface area contributed by atoms with E-state index in [2.05, 4.69) is 9.88 Å². The molecule has 1 aliphatic rings. The summed E-state index contributed by atoms with van der Waals surface area (Å²) in [7, 11) is 0. The van der Waals surface area contributed by atoms with Crippen molar-refractivity contribution in [3.05, 3.63) is 53.6 Å². The van der Waals surface area contributed by atoms with Crippen LogP contribution >= 0.6 is 11.3 Å². The Morgan fingerprint density at radius 1 is 1.19 bits per heavy atom. The summed E-state index contributed by atoms with van der Waals surface area (Å²) in [6, 6.07) is 10.8. The van der Waals surface area contributed by atoms with Crippen molar-refractivity contribution in [1.29, 1.82) is 0 Å². The molecule has 0 saturated carbocycles. The van der Waals surface area contributed by atoms with Gasteiger partial charge in [0.2, 0.25) is 0 Å². The molecule has 1 N–H and O–H groups in total. The Kier molecular flexibility index (Phi) is 6.55. The predicted molar refractivity (Wildman–Crippen MR) is 117 cm³/mol.